The zero-order valence-electron chi connectivity index (χ0n) is 8.57. The maximum Gasteiger partial charge on any atom is 0.253 e. The van der Waals surface area contributed by atoms with E-state index in [9.17, 15) is 4.79 Å². The maximum atomic E-state index is 11.4. The molecule has 76 valence electrons. The zero-order chi connectivity index (χ0) is 10.6. The predicted octanol–water partition coefficient (Wildman–Crippen LogP) is 1.36. The molecule has 0 aliphatic rings. The van der Waals surface area contributed by atoms with E-state index >= 15 is 0 Å². The molecule has 1 heterocycles. The lowest BCUT2D eigenvalue weighted by molar-refractivity contribution is -0.124. The van der Waals surface area contributed by atoms with E-state index in [2.05, 4.69) is 10.3 Å². The van der Waals surface area contributed by atoms with Gasteiger partial charge in [0.1, 0.15) is 6.10 Å². The van der Waals surface area contributed by atoms with Crippen molar-refractivity contribution >= 4 is 11.6 Å². The average Bonchev–Trinajstić information content (AvgIpc) is 2.16. The van der Waals surface area contributed by atoms with Crippen LogP contribution in [0.5, 0.6) is 0 Å². The van der Waals surface area contributed by atoms with Crippen molar-refractivity contribution in [2.75, 3.05) is 12.4 Å². The molecule has 1 atom stereocenters. The molecule has 0 radical (unpaired) electrons. The number of carbonyl (C=O) groups is 1. The van der Waals surface area contributed by atoms with Crippen molar-refractivity contribution in [3.8, 4) is 0 Å². The van der Waals surface area contributed by atoms with Crippen LogP contribution < -0.4 is 5.32 Å². The molecule has 0 saturated carbocycles. The van der Waals surface area contributed by atoms with Gasteiger partial charge in [-0.25, -0.2) is 0 Å². The normalized spacial score (nSPS) is 12.2. The lowest BCUT2D eigenvalue weighted by Gasteiger charge is -2.10. The monoisotopic (exact) mass is 194 g/mol. The second-order valence-electron chi connectivity index (χ2n) is 3.12. The number of carbonyl (C=O) groups excluding carboxylic acids is 1. The minimum atomic E-state index is -0.449. The van der Waals surface area contributed by atoms with Gasteiger partial charge in [0.15, 0.2) is 0 Å². The van der Waals surface area contributed by atoms with E-state index in [-0.39, 0.29) is 5.91 Å². The summed E-state index contributed by atoms with van der Waals surface area (Å²) in [6, 6.07) is 1.85. The summed E-state index contributed by atoms with van der Waals surface area (Å²) in [5.74, 6) is -0.167. The molecule has 1 N–H and O–H groups in total. The molecule has 4 heteroatoms. The maximum absolute atomic E-state index is 11.4. The highest BCUT2D eigenvalue weighted by atomic mass is 16.5. The van der Waals surface area contributed by atoms with Crippen LogP contribution in [0.25, 0.3) is 0 Å². The van der Waals surface area contributed by atoms with Gasteiger partial charge in [-0.05, 0) is 25.5 Å². The Morgan fingerprint density at radius 1 is 1.57 bits per heavy atom. The van der Waals surface area contributed by atoms with Gasteiger partial charge in [-0.2, -0.15) is 0 Å². The lowest BCUT2D eigenvalue weighted by atomic mass is 10.3. The summed E-state index contributed by atoms with van der Waals surface area (Å²) in [6.07, 6.45) is 2.89. The van der Waals surface area contributed by atoms with E-state index in [4.69, 9.17) is 4.74 Å². The van der Waals surface area contributed by atoms with Crippen LogP contribution in [-0.4, -0.2) is 24.1 Å². The number of methoxy groups -OCH3 is 1. The second kappa shape index (κ2) is 4.72. The molecule has 0 aliphatic carbocycles. The Bertz CT molecular complexity index is 326. The summed E-state index contributed by atoms with van der Waals surface area (Å²) < 4.78 is 4.88. The van der Waals surface area contributed by atoms with Gasteiger partial charge < -0.3 is 10.1 Å². The average molecular weight is 194 g/mol. The minimum absolute atomic E-state index is 0.167. The van der Waals surface area contributed by atoms with Gasteiger partial charge in [0, 0.05) is 13.3 Å². The van der Waals surface area contributed by atoms with Crippen LogP contribution in [0.1, 0.15) is 12.5 Å². The number of pyridine rings is 1. The fourth-order valence-corrected chi connectivity index (χ4v) is 0.974. The number of hydrogen-bond donors (Lipinski definition) is 1. The molecule has 14 heavy (non-hydrogen) atoms. The first-order valence-corrected chi connectivity index (χ1v) is 4.39. The van der Waals surface area contributed by atoms with Gasteiger partial charge in [-0.15, -0.1) is 0 Å². The Morgan fingerprint density at radius 2 is 2.29 bits per heavy atom. The molecule has 1 amide bonds. The summed E-state index contributed by atoms with van der Waals surface area (Å²) in [4.78, 5) is 15.4. The zero-order valence-corrected chi connectivity index (χ0v) is 8.57. The topological polar surface area (TPSA) is 51.2 Å². The van der Waals surface area contributed by atoms with Crippen molar-refractivity contribution in [1.82, 2.24) is 4.98 Å². The smallest absolute Gasteiger partial charge is 0.253 e. The fourth-order valence-electron chi connectivity index (χ4n) is 0.974. The molecular formula is C10H14N2O2. The first-order valence-electron chi connectivity index (χ1n) is 4.39. The summed E-state index contributed by atoms with van der Waals surface area (Å²) >= 11 is 0. The number of aromatic nitrogens is 1. The molecule has 0 aliphatic heterocycles. The van der Waals surface area contributed by atoms with Crippen molar-refractivity contribution in [2.45, 2.75) is 20.0 Å². The van der Waals surface area contributed by atoms with Crippen LogP contribution in [-0.2, 0) is 9.53 Å². The largest absolute Gasteiger partial charge is 0.372 e. The summed E-state index contributed by atoms with van der Waals surface area (Å²) in [5, 5.41) is 2.71. The number of hydrogen-bond acceptors (Lipinski definition) is 3. The van der Waals surface area contributed by atoms with Crippen molar-refractivity contribution < 1.29 is 9.53 Å². The number of anilines is 1. The molecular weight excluding hydrogens is 180 g/mol. The van der Waals surface area contributed by atoms with Crippen molar-refractivity contribution in [1.29, 1.82) is 0 Å². The Morgan fingerprint density at radius 3 is 2.86 bits per heavy atom. The van der Waals surface area contributed by atoms with Gasteiger partial charge in [0.2, 0.25) is 0 Å². The molecule has 0 bridgehead atoms. The summed E-state index contributed by atoms with van der Waals surface area (Å²) in [7, 11) is 1.50. The lowest BCUT2D eigenvalue weighted by Crippen LogP contribution is -2.26. The quantitative estimate of drug-likeness (QED) is 0.790. The number of amides is 1. The number of nitrogens with zero attached hydrogens (tertiary/aromatic N) is 1. The van der Waals surface area contributed by atoms with E-state index in [1.807, 2.05) is 13.0 Å². The van der Waals surface area contributed by atoms with E-state index in [1.54, 1.807) is 19.3 Å². The fraction of sp³-hybridized carbons (Fsp3) is 0.400. The molecule has 1 aromatic rings. The van der Waals surface area contributed by atoms with Crippen LogP contribution in [0.2, 0.25) is 0 Å². The Labute approximate surface area is 83.3 Å². The van der Waals surface area contributed by atoms with E-state index in [1.165, 1.54) is 7.11 Å². The SMILES string of the molecule is COC(C)C(=O)Nc1cncc(C)c1. The van der Waals surface area contributed by atoms with Gasteiger partial charge in [0.05, 0.1) is 11.9 Å². The number of nitrogens with one attached hydrogen (secondary N) is 1. The molecule has 0 spiro atoms. The number of ether oxygens (including phenoxy) is 1. The van der Waals surface area contributed by atoms with Gasteiger partial charge >= 0.3 is 0 Å². The van der Waals surface area contributed by atoms with Gasteiger partial charge in [-0.1, -0.05) is 0 Å². The van der Waals surface area contributed by atoms with Gasteiger partial charge in [0.25, 0.3) is 5.91 Å². The molecule has 0 fully saturated rings. The van der Waals surface area contributed by atoms with Crippen LogP contribution in [0.3, 0.4) is 0 Å². The highest BCUT2D eigenvalue weighted by Crippen LogP contribution is 2.07. The van der Waals surface area contributed by atoms with E-state index in [0.29, 0.717) is 5.69 Å². The van der Waals surface area contributed by atoms with Crippen molar-refractivity contribution in [2.24, 2.45) is 0 Å². The van der Waals surface area contributed by atoms with Crippen LogP contribution >= 0.6 is 0 Å². The van der Waals surface area contributed by atoms with Crippen LogP contribution in [0.4, 0.5) is 5.69 Å². The molecule has 1 aromatic heterocycles. The van der Waals surface area contributed by atoms with Crippen molar-refractivity contribution in [3.63, 3.8) is 0 Å². The molecule has 4 nitrogen and oxygen atoms in total. The highest BCUT2D eigenvalue weighted by Gasteiger charge is 2.11. The van der Waals surface area contributed by atoms with Crippen LogP contribution in [0.15, 0.2) is 18.5 Å². The molecule has 1 rings (SSSR count). The highest BCUT2D eigenvalue weighted by molar-refractivity contribution is 5.93. The number of rotatable bonds is 3. The van der Waals surface area contributed by atoms with Gasteiger partial charge in [-0.3, -0.25) is 9.78 Å². The third kappa shape index (κ3) is 2.81. The Kier molecular flexibility index (Phi) is 3.59. The molecule has 1 unspecified atom stereocenters. The van der Waals surface area contributed by atoms with Crippen molar-refractivity contribution in [3.05, 3.63) is 24.0 Å². The summed E-state index contributed by atoms with van der Waals surface area (Å²) in [6.45, 7) is 3.61. The molecule has 0 aromatic carbocycles. The second-order valence-corrected chi connectivity index (χ2v) is 3.12. The standard InChI is InChI=1S/C10H14N2O2/c1-7-4-9(6-11-5-7)12-10(13)8(2)14-3/h4-6,8H,1-3H3,(H,12,13). The number of aryl methyl sites for hydroxylation is 1. The third-order valence-corrected chi connectivity index (χ3v) is 1.87. The van der Waals surface area contributed by atoms with E-state index < -0.39 is 6.10 Å². The predicted molar refractivity (Wildman–Crippen MR) is 54.1 cm³/mol. The summed E-state index contributed by atoms with van der Waals surface area (Å²) in [5.41, 5.74) is 1.70. The Hall–Kier alpha value is -1.42. The first kappa shape index (κ1) is 10.7. The van der Waals surface area contributed by atoms with E-state index in [0.717, 1.165) is 5.56 Å². The first-order chi connectivity index (χ1) is 6.63. The molecule has 0 saturated heterocycles. The minimum Gasteiger partial charge on any atom is -0.372 e. The van der Waals surface area contributed by atoms with Crippen LogP contribution in [0, 0.1) is 6.92 Å². The third-order valence-electron chi connectivity index (χ3n) is 1.87. The Balaban J connectivity index is 2.65.